The largest absolute Gasteiger partial charge is 0.350 e. The third-order valence-electron chi connectivity index (χ3n) is 5.13. The molecular weight excluding hydrogens is 370 g/mol. The molecule has 0 radical (unpaired) electrons. The van der Waals surface area contributed by atoms with Gasteiger partial charge in [-0.1, -0.05) is 6.42 Å². The van der Waals surface area contributed by atoms with E-state index in [1.165, 1.54) is 19.4 Å². The van der Waals surface area contributed by atoms with Crippen molar-refractivity contribution in [1.29, 1.82) is 0 Å². The van der Waals surface area contributed by atoms with E-state index in [1.54, 1.807) is 12.1 Å². The minimum atomic E-state index is -0.491. The second kappa shape index (κ2) is 7.83. The predicted molar refractivity (Wildman–Crippen MR) is 109 cm³/mol. The van der Waals surface area contributed by atoms with Crippen molar-refractivity contribution in [2.24, 2.45) is 0 Å². The number of benzene rings is 2. The number of nitro benzene ring substituents is 1. The fourth-order valence-corrected chi connectivity index (χ4v) is 3.56. The van der Waals surface area contributed by atoms with Crippen molar-refractivity contribution in [3.8, 4) is 11.4 Å². The van der Waals surface area contributed by atoms with Crippen molar-refractivity contribution < 1.29 is 9.72 Å². The lowest BCUT2D eigenvalue weighted by molar-refractivity contribution is -0.383. The topological polar surface area (TPSA) is 103 Å². The van der Waals surface area contributed by atoms with E-state index in [0.29, 0.717) is 16.9 Å². The summed E-state index contributed by atoms with van der Waals surface area (Å²) in [5, 5.41) is 23.2. The van der Waals surface area contributed by atoms with Crippen LogP contribution < -0.4 is 5.32 Å². The van der Waals surface area contributed by atoms with Gasteiger partial charge in [0.05, 0.1) is 4.92 Å². The van der Waals surface area contributed by atoms with Gasteiger partial charge in [-0.05, 0) is 56.2 Å². The first kappa shape index (κ1) is 18.8. The molecule has 0 saturated heterocycles. The summed E-state index contributed by atoms with van der Waals surface area (Å²) in [5.74, 6) is 1.67. The summed E-state index contributed by atoms with van der Waals surface area (Å²) in [6.45, 7) is 2.31. The van der Waals surface area contributed by atoms with Crippen LogP contribution in [0.1, 0.15) is 42.4 Å². The SMILES string of the molecule is CC(=O)c1ccc(Nc2ccc(-c3nnc4n3CCCCC4)cc2)c([N+](=O)[O-])c1. The van der Waals surface area contributed by atoms with Gasteiger partial charge in [-0.3, -0.25) is 14.9 Å². The van der Waals surface area contributed by atoms with Crippen LogP contribution in [-0.2, 0) is 13.0 Å². The Bertz CT molecular complexity index is 1070. The van der Waals surface area contributed by atoms with Gasteiger partial charge in [0.15, 0.2) is 11.6 Å². The van der Waals surface area contributed by atoms with Crippen LogP contribution in [0.15, 0.2) is 42.5 Å². The van der Waals surface area contributed by atoms with Crippen LogP contribution in [0.2, 0.25) is 0 Å². The van der Waals surface area contributed by atoms with E-state index in [4.69, 9.17) is 0 Å². The van der Waals surface area contributed by atoms with Crippen LogP contribution in [-0.4, -0.2) is 25.5 Å². The summed E-state index contributed by atoms with van der Waals surface area (Å²) in [4.78, 5) is 22.4. The first-order chi connectivity index (χ1) is 14.0. The molecular formula is C21H21N5O3. The first-order valence-electron chi connectivity index (χ1n) is 9.62. The molecule has 1 N–H and O–H groups in total. The normalized spacial score (nSPS) is 13.4. The molecule has 2 aromatic carbocycles. The van der Waals surface area contributed by atoms with E-state index >= 15 is 0 Å². The fraction of sp³-hybridized carbons (Fsp3) is 0.286. The monoisotopic (exact) mass is 391 g/mol. The second-order valence-corrected chi connectivity index (χ2v) is 7.15. The van der Waals surface area contributed by atoms with Gasteiger partial charge >= 0.3 is 0 Å². The van der Waals surface area contributed by atoms with Gasteiger partial charge in [-0.25, -0.2) is 0 Å². The number of aromatic nitrogens is 3. The molecule has 0 unspecified atom stereocenters. The van der Waals surface area contributed by atoms with E-state index in [9.17, 15) is 14.9 Å². The summed E-state index contributed by atoms with van der Waals surface area (Å²) < 4.78 is 2.18. The molecule has 0 aliphatic carbocycles. The van der Waals surface area contributed by atoms with Crippen molar-refractivity contribution in [2.45, 2.75) is 39.2 Å². The van der Waals surface area contributed by atoms with Gasteiger partial charge in [0, 0.05) is 35.8 Å². The number of hydrogen-bond donors (Lipinski definition) is 1. The molecule has 3 aromatic rings. The molecule has 8 heteroatoms. The van der Waals surface area contributed by atoms with Gasteiger partial charge < -0.3 is 9.88 Å². The molecule has 0 fully saturated rings. The summed E-state index contributed by atoms with van der Waals surface area (Å²) in [7, 11) is 0. The maximum atomic E-state index is 11.5. The van der Waals surface area contributed by atoms with Crippen molar-refractivity contribution in [2.75, 3.05) is 5.32 Å². The highest BCUT2D eigenvalue weighted by Crippen LogP contribution is 2.30. The average molecular weight is 391 g/mol. The number of nitro groups is 1. The van der Waals surface area contributed by atoms with Crippen LogP contribution in [0.25, 0.3) is 11.4 Å². The Labute approximate surface area is 167 Å². The van der Waals surface area contributed by atoms with Crippen molar-refractivity contribution >= 4 is 22.8 Å². The zero-order valence-electron chi connectivity index (χ0n) is 16.1. The van der Waals surface area contributed by atoms with Gasteiger partial charge in [0.25, 0.3) is 5.69 Å². The lowest BCUT2D eigenvalue weighted by Crippen LogP contribution is -2.03. The van der Waals surface area contributed by atoms with E-state index in [2.05, 4.69) is 20.1 Å². The highest BCUT2D eigenvalue weighted by molar-refractivity contribution is 5.95. The number of carbonyl (C=O) groups is 1. The Morgan fingerprint density at radius 1 is 1.10 bits per heavy atom. The lowest BCUT2D eigenvalue weighted by Gasteiger charge is -2.10. The van der Waals surface area contributed by atoms with Crippen molar-refractivity contribution in [3.63, 3.8) is 0 Å². The van der Waals surface area contributed by atoms with E-state index in [0.717, 1.165) is 43.0 Å². The number of nitrogens with one attached hydrogen (secondary N) is 1. The summed E-state index contributed by atoms with van der Waals surface area (Å²) >= 11 is 0. The van der Waals surface area contributed by atoms with Gasteiger partial charge in [-0.2, -0.15) is 0 Å². The molecule has 0 atom stereocenters. The Kier molecular flexibility index (Phi) is 5.07. The number of aryl methyl sites for hydroxylation is 1. The highest BCUT2D eigenvalue weighted by atomic mass is 16.6. The molecule has 148 valence electrons. The molecule has 29 heavy (non-hydrogen) atoms. The molecule has 0 saturated carbocycles. The Morgan fingerprint density at radius 2 is 1.90 bits per heavy atom. The van der Waals surface area contributed by atoms with Gasteiger partial charge in [0.2, 0.25) is 0 Å². The average Bonchev–Trinajstić information content (AvgIpc) is 2.96. The van der Waals surface area contributed by atoms with E-state index in [1.807, 2.05) is 24.3 Å². The maximum absolute atomic E-state index is 11.5. The minimum absolute atomic E-state index is 0.135. The molecule has 0 spiro atoms. The first-order valence-corrected chi connectivity index (χ1v) is 9.62. The number of anilines is 2. The van der Waals surface area contributed by atoms with Crippen molar-refractivity contribution in [1.82, 2.24) is 14.8 Å². The Hall–Kier alpha value is -3.55. The van der Waals surface area contributed by atoms with Crippen LogP contribution >= 0.6 is 0 Å². The number of rotatable bonds is 5. The minimum Gasteiger partial charge on any atom is -0.350 e. The summed E-state index contributed by atoms with van der Waals surface area (Å²) in [5.41, 5.74) is 2.18. The summed E-state index contributed by atoms with van der Waals surface area (Å²) in [6.07, 6.45) is 4.42. The van der Waals surface area contributed by atoms with Gasteiger partial charge in [0.1, 0.15) is 11.5 Å². The van der Waals surface area contributed by atoms with Crippen molar-refractivity contribution in [3.05, 3.63) is 64.0 Å². The standard InChI is InChI=1S/C21H21N5O3/c1-14(27)16-8-11-18(19(13-16)26(28)29)22-17-9-6-15(7-10-17)21-24-23-20-5-3-2-4-12-25(20)21/h6-11,13,22H,2-5,12H2,1H3. The fourth-order valence-electron chi connectivity index (χ4n) is 3.56. The lowest BCUT2D eigenvalue weighted by atomic mass is 10.1. The third-order valence-corrected chi connectivity index (χ3v) is 5.13. The predicted octanol–water partition coefficient (Wildman–Crippen LogP) is 4.53. The molecule has 1 aromatic heterocycles. The number of hydrogen-bond acceptors (Lipinski definition) is 6. The van der Waals surface area contributed by atoms with Crippen LogP contribution in [0.3, 0.4) is 0 Å². The molecule has 1 aliphatic rings. The van der Waals surface area contributed by atoms with E-state index in [-0.39, 0.29) is 11.5 Å². The van der Waals surface area contributed by atoms with Crippen LogP contribution in [0.4, 0.5) is 17.1 Å². The van der Waals surface area contributed by atoms with Crippen LogP contribution in [0, 0.1) is 10.1 Å². The summed E-state index contributed by atoms with van der Waals surface area (Å²) in [6, 6.07) is 12.0. The van der Waals surface area contributed by atoms with Crippen LogP contribution in [0.5, 0.6) is 0 Å². The smallest absolute Gasteiger partial charge is 0.293 e. The zero-order valence-corrected chi connectivity index (χ0v) is 16.1. The molecule has 4 rings (SSSR count). The zero-order chi connectivity index (χ0) is 20.4. The van der Waals surface area contributed by atoms with E-state index < -0.39 is 4.92 Å². The molecule has 0 bridgehead atoms. The number of fused-ring (bicyclic) bond motifs is 1. The quantitative estimate of drug-likeness (QED) is 0.389. The molecule has 8 nitrogen and oxygen atoms in total. The van der Waals surface area contributed by atoms with Gasteiger partial charge in [-0.15, -0.1) is 10.2 Å². The highest BCUT2D eigenvalue weighted by Gasteiger charge is 2.18. The second-order valence-electron chi connectivity index (χ2n) is 7.15. The molecule has 1 aliphatic heterocycles. The maximum Gasteiger partial charge on any atom is 0.293 e. The number of carbonyl (C=O) groups excluding carboxylic acids is 1. The Morgan fingerprint density at radius 3 is 2.62 bits per heavy atom. The number of ketones is 1. The number of nitrogens with zero attached hydrogens (tertiary/aromatic N) is 4. The molecule has 2 heterocycles. The Balaban J connectivity index is 1.59. The third kappa shape index (κ3) is 3.87. The molecule has 0 amide bonds. The number of Topliss-reactive ketones (excluding diaryl/α,β-unsaturated/α-hetero) is 1.